The van der Waals surface area contributed by atoms with E-state index in [-0.39, 0.29) is 11.6 Å². The van der Waals surface area contributed by atoms with Crippen LogP contribution in [0, 0.1) is 16.0 Å². The predicted octanol–water partition coefficient (Wildman–Crippen LogP) is 2.56. The van der Waals surface area contributed by atoms with Gasteiger partial charge in [-0.15, -0.1) is 0 Å². The minimum Gasteiger partial charge on any atom is -0.384 e. The first-order valence-corrected chi connectivity index (χ1v) is 6.92. The van der Waals surface area contributed by atoms with E-state index in [0.29, 0.717) is 23.7 Å². The Labute approximate surface area is 117 Å². The monoisotopic (exact) mass is 277 g/mol. The Bertz CT molecular complexity index is 512. The smallest absolute Gasteiger partial charge is 0.270 e. The number of hydrogen-bond acceptors (Lipinski definition) is 4. The molecular formula is C14H19N3O3. The molecule has 0 unspecified atom stereocenters. The SMILES string of the molecule is CCCNc1ccc([N+](=O)[O-])cc1C(=O)NCC1CC1. The molecule has 0 atom stereocenters. The molecule has 108 valence electrons. The van der Waals surface area contributed by atoms with E-state index < -0.39 is 4.92 Å². The molecule has 1 saturated carbocycles. The van der Waals surface area contributed by atoms with Crippen molar-refractivity contribution in [3.63, 3.8) is 0 Å². The van der Waals surface area contributed by atoms with Crippen LogP contribution in [0.4, 0.5) is 11.4 Å². The van der Waals surface area contributed by atoms with Crippen molar-refractivity contribution in [1.29, 1.82) is 0 Å². The summed E-state index contributed by atoms with van der Waals surface area (Å²) in [5.41, 5.74) is 0.919. The fourth-order valence-electron chi connectivity index (χ4n) is 1.90. The van der Waals surface area contributed by atoms with Crippen molar-refractivity contribution in [1.82, 2.24) is 5.32 Å². The lowest BCUT2D eigenvalue weighted by Crippen LogP contribution is -2.26. The number of non-ortho nitro benzene ring substituents is 1. The van der Waals surface area contributed by atoms with Crippen LogP contribution in [0.25, 0.3) is 0 Å². The van der Waals surface area contributed by atoms with Crippen molar-refractivity contribution >= 4 is 17.3 Å². The summed E-state index contributed by atoms with van der Waals surface area (Å²) in [6.45, 7) is 3.39. The van der Waals surface area contributed by atoms with Crippen molar-refractivity contribution in [2.24, 2.45) is 5.92 Å². The van der Waals surface area contributed by atoms with Gasteiger partial charge in [0.05, 0.1) is 10.5 Å². The molecule has 2 rings (SSSR count). The van der Waals surface area contributed by atoms with Gasteiger partial charge in [0, 0.05) is 30.9 Å². The summed E-state index contributed by atoms with van der Waals surface area (Å²) in [5.74, 6) is 0.323. The van der Waals surface area contributed by atoms with Gasteiger partial charge in [-0.25, -0.2) is 0 Å². The maximum atomic E-state index is 12.2. The number of carbonyl (C=O) groups excluding carboxylic acids is 1. The van der Waals surface area contributed by atoms with Crippen molar-refractivity contribution in [2.75, 3.05) is 18.4 Å². The maximum Gasteiger partial charge on any atom is 0.270 e. The molecule has 0 radical (unpaired) electrons. The highest BCUT2D eigenvalue weighted by atomic mass is 16.6. The van der Waals surface area contributed by atoms with E-state index in [0.717, 1.165) is 25.8 Å². The van der Waals surface area contributed by atoms with Crippen LogP contribution in [0.5, 0.6) is 0 Å². The molecule has 6 nitrogen and oxygen atoms in total. The third-order valence-corrected chi connectivity index (χ3v) is 3.27. The van der Waals surface area contributed by atoms with Crippen LogP contribution in [0.3, 0.4) is 0 Å². The van der Waals surface area contributed by atoms with Gasteiger partial charge in [-0.05, 0) is 31.2 Å². The fraction of sp³-hybridized carbons (Fsp3) is 0.500. The van der Waals surface area contributed by atoms with E-state index in [9.17, 15) is 14.9 Å². The average molecular weight is 277 g/mol. The highest BCUT2D eigenvalue weighted by molar-refractivity contribution is 6.00. The molecule has 6 heteroatoms. The molecule has 1 aliphatic rings. The number of amides is 1. The Balaban J connectivity index is 2.17. The second kappa shape index (κ2) is 6.36. The van der Waals surface area contributed by atoms with E-state index >= 15 is 0 Å². The molecule has 0 spiro atoms. The Morgan fingerprint density at radius 2 is 2.20 bits per heavy atom. The molecule has 20 heavy (non-hydrogen) atoms. The Hall–Kier alpha value is -2.11. The average Bonchev–Trinajstić information content (AvgIpc) is 3.26. The summed E-state index contributed by atoms with van der Waals surface area (Å²) < 4.78 is 0. The van der Waals surface area contributed by atoms with Gasteiger partial charge in [0.25, 0.3) is 11.6 Å². The molecule has 0 saturated heterocycles. The summed E-state index contributed by atoms with van der Waals surface area (Å²) in [7, 11) is 0. The van der Waals surface area contributed by atoms with Crippen LogP contribution in [0.15, 0.2) is 18.2 Å². The van der Waals surface area contributed by atoms with Crippen LogP contribution in [0.2, 0.25) is 0 Å². The van der Waals surface area contributed by atoms with Crippen molar-refractivity contribution in [3.8, 4) is 0 Å². The largest absolute Gasteiger partial charge is 0.384 e. The Kier molecular flexibility index (Phi) is 4.55. The highest BCUT2D eigenvalue weighted by Crippen LogP contribution is 2.28. The number of rotatable bonds is 7. The van der Waals surface area contributed by atoms with E-state index in [2.05, 4.69) is 10.6 Å². The predicted molar refractivity (Wildman–Crippen MR) is 76.9 cm³/mol. The number of nitro groups is 1. The molecule has 1 aromatic carbocycles. The number of nitro benzene ring substituents is 1. The van der Waals surface area contributed by atoms with Gasteiger partial charge in [0.1, 0.15) is 0 Å². The first-order chi connectivity index (χ1) is 9.61. The van der Waals surface area contributed by atoms with Crippen molar-refractivity contribution in [2.45, 2.75) is 26.2 Å². The highest BCUT2D eigenvalue weighted by Gasteiger charge is 2.23. The molecule has 1 amide bonds. The van der Waals surface area contributed by atoms with Crippen LogP contribution in [-0.4, -0.2) is 23.9 Å². The first-order valence-electron chi connectivity index (χ1n) is 6.92. The number of nitrogens with zero attached hydrogens (tertiary/aromatic N) is 1. The quantitative estimate of drug-likeness (QED) is 0.592. The summed E-state index contributed by atoms with van der Waals surface area (Å²) in [4.78, 5) is 22.5. The van der Waals surface area contributed by atoms with Crippen LogP contribution < -0.4 is 10.6 Å². The van der Waals surface area contributed by atoms with Gasteiger partial charge in [-0.3, -0.25) is 14.9 Å². The zero-order valence-corrected chi connectivity index (χ0v) is 11.5. The minimum atomic E-state index is -0.485. The van der Waals surface area contributed by atoms with Gasteiger partial charge >= 0.3 is 0 Å². The van der Waals surface area contributed by atoms with Gasteiger partial charge < -0.3 is 10.6 Å². The lowest BCUT2D eigenvalue weighted by molar-refractivity contribution is -0.384. The molecule has 1 fully saturated rings. The lowest BCUT2D eigenvalue weighted by Gasteiger charge is -2.11. The second-order valence-electron chi connectivity index (χ2n) is 5.07. The number of hydrogen-bond donors (Lipinski definition) is 2. The van der Waals surface area contributed by atoms with E-state index in [1.165, 1.54) is 12.1 Å². The number of anilines is 1. The van der Waals surface area contributed by atoms with E-state index in [1.54, 1.807) is 6.07 Å². The minimum absolute atomic E-state index is 0.0661. The molecule has 0 bridgehead atoms. The molecule has 1 aromatic rings. The summed E-state index contributed by atoms with van der Waals surface area (Å²) in [6, 6.07) is 4.34. The zero-order chi connectivity index (χ0) is 14.5. The molecule has 1 aliphatic carbocycles. The number of carbonyl (C=O) groups is 1. The Morgan fingerprint density at radius 1 is 1.45 bits per heavy atom. The van der Waals surface area contributed by atoms with E-state index in [4.69, 9.17) is 0 Å². The van der Waals surface area contributed by atoms with Crippen LogP contribution in [0.1, 0.15) is 36.5 Å². The number of nitrogens with one attached hydrogen (secondary N) is 2. The lowest BCUT2D eigenvalue weighted by atomic mass is 10.1. The zero-order valence-electron chi connectivity index (χ0n) is 11.5. The second-order valence-corrected chi connectivity index (χ2v) is 5.07. The first kappa shape index (κ1) is 14.3. The molecule has 0 aliphatic heterocycles. The standard InChI is InChI=1S/C14H19N3O3/c1-2-7-15-13-6-5-11(17(19)20)8-12(13)14(18)16-9-10-3-4-10/h5-6,8,10,15H,2-4,7,9H2,1H3,(H,16,18). The van der Waals surface area contributed by atoms with Gasteiger partial charge in [0.2, 0.25) is 0 Å². The van der Waals surface area contributed by atoms with Gasteiger partial charge in [0.15, 0.2) is 0 Å². The fourth-order valence-corrected chi connectivity index (χ4v) is 1.90. The number of benzene rings is 1. The molecule has 0 aromatic heterocycles. The summed E-state index contributed by atoms with van der Waals surface area (Å²) in [6.07, 6.45) is 3.21. The summed E-state index contributed by atoms with van der Waals surface area (Å²) in [5, 5.41) is 16.8. The van der Waals surface area contributed by atoms with Crippen LogP contribution >= 0.6 is 0 Å². The van der Waals surface area contributed by atoms with Crippen LogP contribution in [-0.2, 0) is 0 Å². The normalized spacial score (nSPS) is 13.8. The maximum absolute atomic E-state index is 12.2. The van der Waals surface area contributed by atoms with Crippen molar-refractivity contribution in [3.05, 3.63) is 33.9 Å². The topological polar surface area (TPSA) is 84.3 Å². The van der Waals surface area contributed by atoms with E-state index in [1.807, 2.05) is 6.92 Å². The van der Waals surface area contributed by atoms with Gasteiger partial charge in [-0.1, -0.05) is 6.92 Å². The third-order valence-electron chi connectivity index (χ3n) is 3.27. The Morgan fingerprint density at radius 3 is 2.80 bits per heavy atom. The summed E-state index contributed by atoms with van der Waals surface area (Å²) >= 11 is 0. The molecule has 0 heterocycles. The molecule has 2 N–H and O–H groups in total. The third kappa shape index (κ3) is 3.69. The molecular weight excluding hydrogens is 258 g/mol. The van der Waals surface area contributed by atoms with Crippen molar-refractivity contribution < 1.29 is 9.72 Å². The van der Waals surface area contributed by atoms with Gasteiger partial charge in [-0.2, -0.15) is 0 Å².